The zero-order valence-corrected chi connectivity index (χ0v) is 8.27. The van der Waals surface area contributed by atoms with E-state index in [0.29, 0.717) is 18.3 Å². The van der Waals surface area contributed by atoms with E-state index in [0.717, 1.165) is 0 Å². The molecule has 0 radical (unpaired) electrons. The molecule has 0 N–H and O–H groups in total. The van der Waals surface area contributed by atoms with E-state index in [1.165, 1.54) is 5.56 Å². The first-order chi connectivity index (χ1) is 5.75. The molecule has 1 rings (SSSR count). The second kappa shape index (κ2) is 4.27. The number of nitrogens with zero attached hydrogens (tertiary/aromatic N) is 1. The maximum absolute atomic E-state index is 8.64. The number of hydrogen-bond donors (Lipinski definition) is 0. The Morgan fingerprint density at radius 2 is 2.33 bits per heavy atom. The Kier molecular flexibility index (Phi) is 3.31. The number of hydrogen-bond acceptors (Lipinski definition) is 2. The molecule has 1 aromatic rings. The average Bonchev–Trinajstić information content (AvgIpc) is 2.51. The van der Waals surface area contributed by atoms with Crippen molar-refractivity contribution >= 4 is 11.3 Å². The quantitative estimate of drug-likeness (QED) is 0.697. The molecular weight excluding hydrogens is 166 g/mol. The van der Waals surface area contributed by atoms with Gasteiger partial charge < -0.3 is 0 Å². The van der Waals surface area contributed by atoms with E-state index in [1.54, 1.807) is 11.3 Å². The summed E-state index contributed by atoms with van der Waals surface area (Å²) in [5.74, 6) is 0.973. The predicted molar refractivity (Wildman–Crippen MR) is 52.1 cm³/mol. The van der Waals surface area contributed by atoms with Gasteiger partial charge in [-0.05, 0) is 34.2 Å². The summed E-state index contributed by atoms with van der Waals surface area (Å²) in [6.07, 6.45) is 0.633. The summed E-state index contributed by atoms with van der Waals surface area (Å²) in [5.41, 5.74) is 1.32. The first kappa shape index (κ1) is 9.28. The van der Waals surface area contributed by atoms with E-state index < -0.39 is 0 Å². The molecule has 1 unspecified atom stereocenters. The first-order valence-electron chi connectivity index (χ1n) is 4.14. The number of thiophene rings is 1. The van der Waals surface area contributed by atoms with Crippen molar-refractivity contribution in [1.82, 2.24) is 0 Å². The van der Waals surface area contributed by atoms with E-state index >= 15 is 0 Å². The van der Waals surface area contributed by atoms with Crippen molar-refractivity contribution in [3.05, 3.63) is 22.4 Å². The molecule has 0 bridgehead atoms. The van der Waals surface area contributed by atoms with Gasteiger partial charge in [0, 0.05) is 6.42 Å². The second-order valence-corrected chi connectivity index (χ2v) is 4.05. The molecule has 0 aliphatic heterocycles. The van der Waals surface area contributed by atoms with E-state index in [2.05, 4.69) is 36.7 Å². The van der Waals surface area contributed by atoms with Crippen LogP contribution in [0.25, 0.3) is 0 Å². The monoisotopic (exact) mass is 179 g/mol. The summed E-state index contributed by atoms with van der Waals surface area (Å²) in [5, 5.41) is 12.9. The standard InChI is InChI=1S/C10H13NS/c1-8(2)10(3-5-11)9-4-6-12-7-9/h4,6-8,10H,3H2,1-2H3. The van der Waals surface area contributed by atoms with Crippen LogP contribution in [0, 0.1) is 17.2 Å². The Balaban J connectivity index is 2.75. The smallest absolute Gasteiger partial charge is 0.0628 e. The average molecular weight is 179 g/mol. The second-order valence-electron chi connectivity index (χ2n) is 3.27. The molecule has 0 aliphatic rings. The Hall–Kier alpha value is -0.810. The van der Waals surface area contributed by atoms with E-state index in [-0.39, 0.29) is 0 Å². The fourth-order valence-corrected chi connectivity index (χ4v) is 2.05. The van der Waals surface area contributed by atoms with E-state index in [4.69, 9.17) is 5.26 Å². The lowest BCUT2D eigenvalue weighted by molar-refractivity contribution is 0.507. The summed E-state index contributed by atoms with van der Waals surface area (Å²) in [6.45, 7) is 4.33. The third-order valence-corrected chi connectivity index (χ3v) is 2.79. The Morgan fingerprint density at radius 1 is 1.58 bits per heavy atom. The van der Waals surface area contributed by atoms with Crippen LogP contribution in [-0.4, -0.2) is 0 Å². The van der Waals surface area contributed by atoms with Gasteiger partial charge in [0.15, 0.2) is 0 Å². The highest BCUT2D eigenvalue weighted by Crippen LogP contribution is 2.28. The fourth-order valence-electron chi connectivity index (χ4n) is 1.32. The minimum absolute atomic E-state index is 0.418. The van der Waals surface area contributed by atoms with E-state index in [1.807, 2.05) is 0 Å². The van der Waals surface area contributed by atoms with Crippen molar-refractivity contribution in [3.63, 3.8) is 0 Å². The lowest BCUT2D eigenvalue weighted by Crippen LogP contribution is -2.04. The molecule has 0 aliphatic carbocycles. The molecule has 0 spiro atoms. The SMILES string of the molecule is CC(C)C(CC#N)c1ccsc1. The maximum Gasteiger partial charge on any atom is 0.0628 e. The molecule has 0 saturated heterocycles. The van der Waals surface area contributed by atoms with Crippen molar-refractivity contribution in [2.75, 3.05) is 0 Å². The molecule has 0 amide bonds. The van der Waals surface area contributed by atoms with Crippen LogP contribution in [0.4, 0.5) is 0 Å². The first-order valence-corrected chi connectivity index (χ1v) is 5.09. The Bertz CT molecular complexity index is 256. The van der Waals surface area contributed by atoms with Crippen molar-refractivity contribution in [2.24, 2.45) is 5.92 Å². The van der Waals surface area contributed by atoms with Crippen molar-refractivity contribution in [1.29, 1.82) is 5.26 Å². The van der Waals surface area contributed by atoms with Gasteiger partial charge >= 0.3 is 0 Å². The molecule has 0 saturated carbocycles. The van der Waals surface area contributed by atoms with Crippen LogP contribution in [0.1, 0.15) is 31.7 Å². The third-order valence-electron chi connectivity index (χ3n) is 2.09. The summed E-state index contributed by atoms with van der Waals surface area (Å²) < 4.78 is 0. The van der Waals surface area contributed by atoms with Crippen molar-refractivity contribution in [3.8, 4) is 6.07 Å². The van der Waals surface area contributed by atoms with Crippen molar-refractivity contribution < 1.29 is 0 Å². The lowest BCUT2D eigenvalue weighted by atomic mass is 9.88. The minimum Gasteiger partial charge on any atom is -0.198 e. The van der Waals surface area contributed by atoms with Gasteiger partial charge in [-0.2, -0.15) is 16.6 Å². The van der Waals surface area contributed by atoms with Crippen molar-refractivity contribution in [2.45, 2.75) is 26.2 Å². The van der Waals surface area contributed by atoms with Gasteiger partial charge in [-0.25, -0.2) is 0 Å². The molecule has 1 heterocycles. The zero-order valence-electron chi connectivity index (χ0n) is 7.45. The van der Waals surface area contributed by atoms with Gasteiger partial charge in [-0.15, -0.1) is 0 Å². The normalized spacial score (nSPS) is 12.8. The number of nitriles is 1. The predicted octanol–water partition coefficient (Wildman–Crippen LogP) is 3.40. The Labute approximate surface area is 77.7 Å². The molecule has 1 atom stereocenters. The summed E-state index contributed by atoms with van der Waals surface area (Å²) in [4.78, 5) is 0. The largest absolute Gasteiger partial charge is 0.198 e. The van der Waals surface area contributed by atoms with Gasteiger partial charge in [0.05, 0.1) is 6.07 Å². The van der Waals surface area contributed by atoms with Crippen LogP contribution < -0.4 is 0 Å². The van der Waals surface area contributed by atoms with Crippen LogP contribution in [-0.2, 0) is 0 Å². The summed E-state index contributed by atoms with van der Waals surface area (Å²) in [7, 11) is 0. The van der Waals surface area contributed by atoms with Gasteiger partial charge in [0.2, 0.25) is 0 Å². The molecule has 2 heteroatoms. The van der Waals surface area contributed by atoms with Crippen LogP contribution in [0.15, 0.2) is 16.8 Å². The third kappa shape index (κ3) is 2.09. The van der Waals surface area contributed by atoms with Crippen LogP contribution in [0.5, 0.6) is 0 Å². The summed E-state index contributed by atoms with van der Waals surface area (Å²) >= 11 is 1.70. The highest BCUT2D eigenvalue weighted by atomic mass is 32.1. The molecule has 0 aromatic carbocycles. The molecule has 1 nitrogen and oxygen atoms in total. The Morgan fingerprint density at radius 3 is 2.75 bits per heavy atom. The highest BCUT2D eigenvalue weighted by Gasteiger charge is 2.15. The van der Waals surface area contributed by atoms with Crippen LogP contribution in [0.2, 0.25) is 0 Å². The molecule has 64 valence electrons. The van der Waals surface area contributed by atoms with Gasteiger partial charge in [0.1, 0.15) is 0 Å². The topological polar surface area (TPSA) is 23.8 Å². The van der Waals surface area contributed by atoms with Gasteiger partial charge in [0.25, 0.3) is 0 Å². The molecular formula is C10H13NS. The van der Waals surface area contributed by atoms with Crippen LogP contribution >= 0.6 is 11.3 Å². The molecule has 1 aromatic heterocycles. The minimum atomic E-state index is 0.418. The number of rotatable bonds is 3. The van der Waals surface area contributed by atoms with Gasteiger partial charge in [-0.1, -0.05) is 13.8 Å². The molecule has 12 heavy (non-hydrogen) atoms. The highest BCUT2D eigenvalue weighted by molar-refractivity contribution is 7.07. The van der Waals surface area contributed by atoms with Gasteiger partial charge in [-0.3, -0.25) is 0 Å². The zero-order chi connectivity index (χ0) is 8.97. The summed E-state index contributed by atoms with van der Waals surface area (Å²) in [6, 6.07) is 4.36. The fraction of sp³-hybridized carbons (Fsp3) is 0.500. The van der Waals surface area contributed by atoms with Crippen LogP contribution in [0.3, 0.4) is 0 Å². The van der Waals surface area contributed by atoms with E-state index in [9.17, 15) is 0 Å². The lowest BCUT2D eigenvalue weighted by Gasteiger charge is -2.15. The molecule has 0 fully saturated rings. The maximum atomic E-state index is 8.64.